The summed E-state index contributed by atoms with van der Waals surface area (Å²) in [6.07, 6.45) is 2.58. The quantitative estimate of drug-likeness (QED) is 0.698. The predicted molar refractivity (Wildman–Crippen MR) is 56.4 cm³/mol. The highest BCUT2D eigenvalue weighted by Gasteiger charge is 2.16. The Morgan fingerprint density at radius 2 is 2.31 bits per heavy atom. The average Bonchev–Trinajstić information content (AvgIpc) is 2.04. The zero-order valence-electron chi connectivity index (χ0n) is 8.38. The molecule has 3 heteroatoms. The van der Waals surface area contributed by atoms with Crippen LogP contribution in [0.4, 0.5) is 0 Å². The minimum absolute atomic E-state index is 0.474. The molecule has 0 fully saturated rings. The number of nitrogens with one attached hydrogen (secondary N) is 1. The lowest BCUT2D eigenvalue weighted by molar-refractivity contribution is 0.281. The molecule has 1 rings (SSSR count). The molecule has 0 unspecified atom stereocenters. The third kappa shape index (κ3) is 2.34. The molecule has 0 aliphatic carbocycles. The van der Waals surface area contributed by atoms with E-state index in [0.29, 0.717) is 6.04 Å². The molecular weight excluding hydrogens is 162 g/mol. The summed E-state index contributed by atoms with van der Waals surface area (Å²) in [6, 6.07) is 0.474. The van der Waals surface area contributed by atoms with Gasteiger partial charge in [0.25, 0.3) is 0 Å². The van der Waals surface area contributed by atoms with Crippen LogP contribution in [-0.2, 0) is 0 Å². The van der Waals surface area contributed by atoms with Crippen LogP contribution in [-0.4, -0.2) is 23.3 Å². The Balaban J connectivity index is 2.65. The Kier molecular flexibility index (Phi) is 3.12. The van der Waals surface area contributed by atoms with Crippen LogP contribution in [0.5, 0.6) is 0 Å². The number of hydrogen-bond donors (Lipinski definition) is 1. The summed E-state index contributed by atoms with van der Waals surface area (Å²) in [5.74, 6) is 1.79. The Hall–Kier alpha value is -1.25. The standard InChI is InChI=1S/C10H17N3/c1-5-11-10-6-7-13(8(2)3)9(4)12-10/h5,8H,1,4,6-7H2,2-3H3,(H,11,12). The van der Waals surface area contributed by atoms with Crippen molar-refractivity contribution in [3.63, 3.8) is 0 Å². The lowest BCUT2D eigenvalue weighted by Gasteiger charge is -2.32. The van der Waals surface area contributed by atoms with E-state index < -0.39 is 0 Å². The van der Waals surface area contributed by atoms with Crippen molar-refractivity contribution in [3.05, 3.63) is 25.2 Å². The van der Waals surface area contributed by atoms with Crippen molar-refractivity contribution in [2.75, 3.05) is 6.54 Å². The number of hydrogen-bond acceptors (Lipinski definition) is 3. The smallest absolute Gasteiger partial charge is 0.123 e. The summed E-state index contributed by atoms with van der Waals surface area (Å²) < 4.78 is 0. The highest BCUT2D eigenvalue weighted by atomic mass is 15.3. The van der Waals surface area contributed by atoms with E-state index in [1.165, 1.54) is 0 Å². The first-order chi connectivity index (χ1) is 6.15. The highest BCUT2D eigenvalue weighted by Crippen LogP contribution is 2.14. The van der Waals surface area contributed by atoms with Crippen molar-refractivity contribution in [3.8, 4) is 0 Å². The molecule has 3 nitrogen and oxygen atoms in total. The van der Waals surface area contributed by atoms with Crippen molar-refractivity contribution in [2.45, 2.75) is 26.3 Å². The third-order valence-corrected chi connectivity index (χ3v) is 2.08. The van der Waals surface area contributed by atoms with Gasteiger partial charge in [-0.15, -0.1) is 0 Å². The van der Waals surface area contributed by atoms with E-state index in [1.54, 1.807) is 6.20 Å². The van der Waals surface area contributed by atoms with Crippen LogP contribution < -0.4 is 5.32 Å². The fraction of sp³-hybridized carbons (Fsp3) is 0.500. The molecule has 0 aromatic rings. The number of amidine groups is 1. The fourth-order valence-corrected chi connectivity index (χ4v) is 1.41. The van der Waals surface area contributed by atoms with Crippen molar-refractivity contribution < 1.29 is 0 Å². The van der Waals surface area contributed by atoms with Crippen molar-refractivity contribution in [1.29, 1.82) is 0 Å². The first-order valence-electron chi connectivity index (χ1n) is 4.55. The average molecular weight is 179 g/mol. The predicted octanol–water partition coefficient (Wildman–Crippen LogP) is 1.70. The van der Waals surface area contributed by atoms with Crippen LogP contribution in [0.15, 0.2) is 30.2 Å². The van der Waals surface area contributed by atoms with E-state index in [0.717, 1.165) is 24.6 Å². The Morgan fingerprint density at radius 3 is 2.77 bits per heavy atom. The molecule has 0 saturated carbocycles. The summed E-state index contributed by atoms with van der Waals surface area (Å²) in [6.45, 7) is 12.8. The summed E-state index contributed by atoms with van der Waals surface area (Å²) in [4.78, 5) is 6.53. The Labute approximate surface area is 79.8 Å². The van der Waals surface area contributed by atoms with Crippen molar-refractivity contribution in [1.82, 2.24) is 10.2 Å². The molecule has 0 amide bonds. The highest BCUT2D eigenvalue weighted by molar-refractivity contribution is 5.84. The molecular formula is C10H17N3. The molecule has 1 aliphatic rings. The van der Waals surface area contributed by atoms with Gasteiger partial charge < -0.3 is 10.2 Å². The summed E-state index contributed by atoms with van der Waals surface area (Å²) in [5, 5.41) is 3.00. The normalized spacial score (nSPS) is 17.3. The molecule has 0 bridgehead atoms. The summed E-state index contributed by atoms with van der Waals surface area (Å²) in [7, 11) is 0. The maximum Gasteiger partial charge on any atom is 0.123 e. The van der Waals surface area contributed by atoms with Crippen molar-refractivity contribution in [2.24, 2.45) is 4.99 Å². The van der Waals surface area contributed by atoms with Gasteiger partial charge in [-0.3, -0.25) is 0 Å². The largest absolute Gasteiger partial charge is 0.354 e. The van der Waals surface area contributed by atoms with Crippen LogP contribution in [0.3, 0.4) is 0 Å². The van der Waals surface area contributed by atoms with Gasteiger partial charge in [0.1, 0.15) is 11.7 Å². The van der Waals surface area contributed by atoms with E-state index in [4.69, 9.17) is 0 Å². The van der Waals surface area contributed by atoms with Crippen LogP contribution in [0, 0.1) is 0 Å². The van der Waals surface area contributed by atoms with Crippen molar-refractivity contribution >= 4 is 5.84 Å². The van der Waals surface area contributed by atoms with Crippen LogP contribution in [0.2, 0.25) is 0 Å². The second-order valence-corrected chi connectivity index (χ2v) is 3.36. The number of aliphatic imine (C=N–C) groups is 1. The van der Waals surface area contributed by atoms with Gasteiger partial charge in [-0.05, 0) is 20.0 Å². The maximum atomic E-state index is 4.34. The van der Waals surface area contributed by atoms with Crippen LogP contribution in [0.1, 0.15) is 20.3 Å². The van der Waals surface area contributed by atoms with E-state index in [2.05, 4.69) is 42.2 Å². The monoisotopic (exact) mass is 179 g/mol. The fourth-order valence-electron chi connectivity index (χ4n) is 1.41. The van der Waals surface area contributed by atoms with Crippen LogP contribution >= 0.6 is 0 Å². The molecule has 72 valence electrons. The topological polar surface area (TPSA) is 27.6 Å². The van der Waals surface area contributed by atoms with E-state index in [1.807, 2.05) is 0 Å². The van der Waals surface area contributed by atoms with Crippen LogP contribution in [0.25, 0.3) is 0 Å². The van der Waals surface area contributed by atoms with E-state index in [-0.39, 0.29) is 0 Å². The molecule has 0 radical (unpaired) electrons. The number of rotatable bonds is 2. The molecule has 1 aliphatic heterocycles. The van der Waals surface area contributed by atoms with E-state index in [9.17, 15) is 0 Å². The van der Waals surface area contributed by atoms with Gasteiger partial charge in [-0.1, -0.05) is 13.2 Å². The van der Waals surface area contributed by atoms with Gasteiger partial charge in [0, 0.05) is 19.0 Å². The van der Waals surface area contributed by atoms with Gasteiger partial charge in [0.15, 0.2) is 0 Å². The zero-order chi connectivity index (χ0) is 9.84. The lowest BCUT2D eigenvalue weighted by Crippen LogP contribution is -2.37. The molecule has 0 atom stereocenters. The molecule has 0 spiro atoms. The van der Waals surface area contributed by atoms with Gasteiger partial charge in [-0.25, -0.2) is 4.99 Å². The molecule has 0 aromatic carbocycles. The summed E-state index contributed by atoms with van der Waals surface area (Å²) >= 11 is 0. The first kappa shape index (κ1) is 9.84. The molecule has 1 heterocycles. The first-order valence-corrected chi connectivity index (χ1v) is 4.55. The second-order valence-electron chi connectivity index (χ2n) is 3.36. The minimum Gasteiger partial charge on any atom is -0.354 e. The number of nitrogens with zero attached hydrogens (tertiary/aromatic N) is 2. The summed E-state index contributed by atoms with van der Waals surface area (Å²) in [5.41, 5.74) is 0. The lowest BCUT2D eigenvalue weighted by atomic mass is 10.2. The van der Waals surface area contributed by atoms with Gasteiger partial charge in [-0.2, -0.15) is 0 Å². The Morgan fingerprint density at radius 1 is 1.62 bits per heavy atom. The Bertz CT molecular complexity index is 241. The minimum atomic E-state index is 0.474. The SMILES string of the molecule is C=CNC1=NC(=C)N(C(C)C)CC1. The molecule has 0 aromatic heterocycles. The van der Waals surface area contributed by atoms with Gasteiger partial charge >= 0.3 is 0 Å². The van der Waals surface area contributed by atoms with Gasteiger partial charge in [0.05, 0.1) is 0 Å². The zero-order valence-corrected chi connectivity index (χ0v) is 8.38. The molecule has 13 heavy (non-hydrogen) atoms. The maximum absolute atomic E-state index is 4.34. The van der Waals surface area contributed by atoms with Gasteiger partial charge in [0.2, 0.25) is 0 Å². The third-order valence-electron chi connectivity index (χ3n) is 2.08. The van der Waals surface area contributed by atoms with E-state index >= 15 is 0 Å². The molecule has 0 saturated heterocycles. The molecule has 1 N–H and O–H groups in total. The second kappa shape index (κ2) is 4.12.